The fourth-order valence-corrected chi connectivity index (χ4v) is 1.96. The molecule has 0 unspecified atom stereocenters. The van der Waals surface area contributed by atoms with E-state index in [4.69, 9.17) is 9.47 Å². The molecule has 0 amide bonds. The largest absolute Gasteiger partial charge is 0.493 e. The van der Waals surface area contributed by atoms with Crippen LogP contribution < -0.4 is 9.47 Å². The lowest BCUT2D eigenvalue weighted by Crippen LogP contribution is -1.99. The SMILES string of the molecule is CCn1cc(CCc2cc(OC)c(OC)cc2F)nn1. The topological polar surface area (TPSA) is 49.2 Å². The van der Waals surface area contributed by atoms with Gasteiger partial charge < -0.3 is 9.47 Å². The van der Waals surface area contributed by atoms with Crippen LogP contribution in [0.4, 0.5) is 4.39 Å². The van der Waals surface area contributed by atoms with Gasteiger partial charge in [-0.25, -0.2) is 4.39 Å². The molecule has 6 heteroatoms. The van der Waals surface area contributed by atoms with Crippen molar-refractivity contribution in [3.8, 4) is 11.5 Å². The van der Waals surface area contributed by atoms with E-state index in [-0.39, 0.29) is 5.82 Å². The van der Waals surface area contributed by atoms with E-state index in [9.17, 15) is 4.39 Å². The summed E-state index contributed by atoms with van der Waals surface area (Å²) >= 11 is 0. The monoisotopic (exact) mass is 279 g/mol. The molecule has 1 aromatic heterocycles. The van der Waals surface area contributed by atoms with Crippen LogP contribution in [0.5, 0.6) is 11.5 Å². The van der Waals surface area contributed by atoms with Gasteiger partial charge in [-0.05, 0) is 31.4 Å². The maximum absolute atomic E-state index is 14.0. The Balaban J connectivity index is 2.12. The molecule has 0 aliphatic rings. The molecule has 20 heavy (non-hydrogen) atoms. The molecule has 0 bridgehead atoms. The number of hydrogen-bond acceptors (Lipinski definition) is 4. The van der Waals surface area contributed by atoms with Crippen molar-refractivity contribution < 1.29 is 13.9 Å². The molecule has 1 aromatic carbocycles. The highest BCUT2D eigenvalue weighted by atomic mass is 19.1. The normalized spacial score (nSPS) is 10.6. The van der Waals surface area contributed by atoms with E-state index in [1.807, 2.05) is 13.1 Å². The number of aryl methyl sites for hydroxylation is 3. The van der Waals surface area contributed by atoms with Crippen LogP contribution in [0.1, 0.15) is 18.2 Å². The molecule has 0 atom stereocenters. The number of rotatable bonds is 6. The van der Waals surface area contributed by atoms with Crippen molar-refractivity contribution in [2.24, 2.45) is 0 Å². The van der Waals surface area contributed by atoms with Crippen LogP contribution in [0.3, 0.4) is 0 Å². The van der Waals surface area contributed by atoms with Crippen molar-refractivity contribution in [2.75, 3.05) is 14.2 Å². The highest BCUT2D eigenvalue weighted by Gasteiger charge is 2.11. The van der Waals surface area contributed by atoms with Gasteiger partial charge >= 0.3 is 0 Å². The summed E-state index contributed by atoms with van der Waals surface area (Å²) in [4.78, 5) is 0. The molecule has 2 aromatic rings. The van der Waals surface area contributed by atoms with Gasteiger partial charge in [0, 0.05) is 18.8 Å². The fraction of sp³-hybridized carbons (Fsp3) is 0.429. The second-order valence-corrected chi connectivity index (χ2v) is 4.36. The molecule has 0 fully saturated rings. The lowest BCUT2D eigenvalue weighted by molar-refractivity contribution is 0.351. The number of ether oxygens (including phenoxy) is 2. The molecule has 0 aliphatic carbocycles. The summed E-state index contributed by atoms with van der Waals surface area (Å²) in [5.41, 5.74) is 1.43. The summed E-state index contributed by atoms with van der Waals surface area (Å²) in [5.74, 6) is 0.623. The van der Waals surface area contributed by atoms with Gasteiger partial charge in [0.25, 0.3) is 0 Å². The second kappa shape index (κ2) is 6.36. The van der Waals surface area contributed by atoms with Crippen LogP contribution in [0.15, 0.2) is 18.3 Å². The molecule has 5 nitrogen and oxygen atoms in total. The molecule has 0 aliphatic heterocycles. The molecule has 2 rings (SSSR count). The maximum atomic E-state index is 14.0. The number of halogens is 1. The van der Waals surface area contributed by atoms with Gasteiger partial charge in [-0.3, -0.25) is 4.68 Å². The summed E-state index contributed by atoms with van der Waals surface area (Å²) in [5, 5.41) is 8.00. The van der Waals surface area contributed by atoms with Crippen LogP contribution in [0, 0.1) is 5.82 Å². The van der Waals surface area contributed by atoms with E-state index < -0.39 is 0 Å². The maximum Gasteiger partial charge on any atom is 0.163 e. The predicted molar refractivity (Wildman–Crippen MR) is 72.6 cm³/mol. The summed E-state index contributed by atoms with van der Waals surface area (Å²) in [6.45, 7) is 2.77. The van der Waals surface area contributed by atoms with Crippen LogP contribution >= 0.6 is 0 Å². The van der Waals surface area contributed by atoms with E-state index in [1.165, 1.54) is 20.3 Å². The van der Waals surface area contributed by atoms with Gasteiger partial charge in [-0.1, -0.05) is 5.21 Å². The van der Waals surface area contributed by atoms with E-state index in [0.29, 0.717) is 29.9 Å². The van der Waals surface area contributed by atoms with E-state index >= 15 is 0 Å². The molecule has 0 radical (unpaired) electrons. The van der Waals surface area contributed by atoms with Gasteiger partial charge in [-0.2, -0.15) is 0 Å². The smallest absolute Gasteiger partial charge is 0.163 e. The lowest BCUT2D eigenvalue weighted by atomic mass is 10.1. The minimum atomic E-state index is -0.300. The first-order valence-corrected chi connectivity index (χ1v) is 6.47. The standard InChI is InChI=1S/C14H18FN3O2/c1-4-18-9-11(16-17-18)6-5-10-7-13(19-2)14(20-3)8-12(10)15/h7-9H,4-6H2,1-3H3. The molecule has 108 valence electrons. The van der Waals surface area contributed by atoms with E-state index in [1.54, 1.807) is 10.7 Å². The highest BCUT2D eigenvalue weighted by Crippen LogP contribution is 2.30. The van der Waals surface area contributed by atoms with Crippen LogP contribution in [0.25, 0.3) is 0 Å². The van der Waals surface area contributed by atoms with Crippen molar-refractivity contribution in [1.82, 2.24) is 15.0 Å². The third-order valence-electron chi connectivity index (χ3n) is 3.11. The minimum absolute atomic E-state index is 0.300. The third-order valence-corrected chi connectivity index (χ3v) is 3.11. The lowest BCUT2D eigenvalue weighted by Gasteiger charge is -2.10. The number of nitrogens with zero attached hydrogens (tertiary/aromatic N) is 3. The second-order valence-electron chi connectivity index (χ2n) is 4.36. The number of aromatic nitrogens is 3. The number of hydrogen-bond donors (Lipinski definition) is 0. The predicted octanol–water partition coefficient (Wildman–Crippen LogP) is 2.24. The Kier molecular flexibility index (Phi) is 4.55. The molecule has 0 saturated carbocycles. The minimum Gasteiger partial charge on any atom is -0.493 e. The van der Waals surface area contributed by atoms with Crippen molar-refractivity contribution in [3.05, 3.63) is 35.4 Å². The summed E-state index contributed by atoms with van der Waals surface area (Å²) in [7, 11) is 3.02. The first kappa shape index (κ1) is 14.3. The molecule has 0 spiro atoms. The zero-order valence-electron chi connectivity index (χ0n) is 11.9. The van der Waals surface area contributed by atoms with Gasteiger partial charge in [0.2, 0.25) is 0 Å². The Labute approximate surface area is 117 Å². The zero-order chi connectivity index (χ0) is 14.5. The van der Waals surface area contributed by atoms with Crippen molar-refractivity contribution >= 4 is 0 Å². The molecule has 1 heterocycles. The number of benzene rings is 1. The summed E-state index contributed by atoms with van der Waals surface area (Å²) in [6.07, 6.45) is 3.04. The molecular weight excluding hydrogens is 261 g/mol. The summed E-state index contributed by atoms with van der Waals surface area (Å²) in [6, 6.07) is 3.01. The van der Waals surface area contributed by atoms with E-state index in [2.05, 4.69) is 10.3 Å². The average molecular weight is 279 g/mol. The average Bonchev–Trinajstić information content (AvgIpc) is 2.93. The Morgan fingerprint density at radius 1 is 1.15 bits per heavy atom. The Hall–Kier alpha value is -2.11. The van der Waals surface area contributed by atoms with Crippen LogP contribution in [-0.2, 0) is 19.4 Å². The molecule has 0 saturated heterocycles. The van der Waals surface area contributed by atoms with Crippen LogP contribution in [0.2, 0.25) is 0 Å². The molecule has 0 N–H and O–H groups in total. The highest BCUT2D eigenvalue weighted by molar-refractivity contribution is 5.43. The fourth-order valence-electron chi connectivity index (χ4n) is 1.96. The summed E-state index contributed by atoms with van der Waals surface area (Å²) < 4.78 is 25.9. The first-order valence-electron chi connectivity index (χ1n) is 6.47. The third kappa shape index (κ3) is 3.07. The van der Waals surface area contributed by atoms with Gasteiger partial charge in [0.15, 0.2) is 11.5 Å². The van der Waals surface area contributed by atoms with Crippen molar-refractivity contribution in [1.29, 1.82) is 0 Å². The quantitative estimate of drug-likeness (QED) is 0.813. The zero-order valence-corrected chi connectivity index (χ0v) is 11.9. The van der Waals surface area contributed by atoms with Crippen LogP contribution in [-0.4, -0.2) is 29.2 Å². The van der Waals surface area contributed by atoms with Gasteiger partial charge in [0.1, 0.15) is 5.82 Å². The van der Waals surface area contributed by atoms with E-state index in [0.717, 1.165) is 12.2 Å². The Bertz CT molecular complexity index is 584. The Morgan fingerprint density at radius 3 is 2.45 bits per heavy atom. The Morgan fingerprint density at radius 2 is 1.85 bits per heavy atom. The van der Waals surface area contributed by atoms with Crippen molar-refractivity contribution in [2.45, 2.75) is 26.3 Å². The van der Waals surface area contributed by atoms with Gasteiger partial charge in [0.05, 0.1) is 19.9 Å². The first-order chi connectivity index (χ1) is 9.67. The number of methoxy groups -OCH3 is 2. The molecular formula is C14H18FN3O2. The van der Waals surface area contributed by atoms with Crippen molar-refractivity contribution in [3.63, 3.8) is 0 Å². The van der Waals surface area contributed by atoms with Gasteiger partial charge in [-0.15, -0.1) is 5.10 Å².